The molecule has 0 aromatic carbocycles. The van der Waals surface area contributed by atoms with Gasteiger partial charge in [0.25, 0.3) is 0 Å². The van der Waals surface area contributed by atoms with Crippen LogP contribution in [0.5, 0.6) is 0 Å². The Hall–Kier alpha value is -1.66. The predicted molar refractivity (Wildman–Crippen MR) is 55.0 cm³/mol. The summed E-state index contributed by atoms with van der Waals surface area (Å²) in [7, 11) is 0. The number of hydrogen-bond donors (Lipinski definition) is 3. The fraction of sp³-hybridized carbons (Fsp3) is 0.333. The van der Waals surface area contributed by atoms with Crippen molar-refractivity contribution in [2.75, 3.05) is 12.3 Å². The third kappa shape index (κ3) is 1.77. The molecule has 0 radical (unpaired) electrons. The normalized spacial score (nSPS) is 13.2. The molecule has 2 rings (SSSR count). The molecule has 0 amide bonds. The van der Waals surface area contributed by atoms with Crippen LogP contribution < -0.4 is 5.73 Å². The molecule has 0 aliphatic heterocycles. The van der Waals surface area contributed by atoms with Crippen LogP contribution in [0.25, 0.3) is 11.0 Å². The van der Waals surface area contributed by atoms with E-state index in [0.717, 1.165) is 5.39 Å². The van der Waals surface area contributed by atoms with Crippen molar-refractivity contribution in [3.63, 3.8) is 0 Å². The van der Waals surface area contributed by atoms with Gasteiger partial charge >= 0.3 is 0 Å². The van der Waals surface area contributed by atoms with Gasteiger partial charge in [0.15, 0.2) is 0 Å². The van der Waals surface area contributed by atoms with E-state index in [1.807, 2.05) is 0 Å². The number of fused-ring (bicyclic) bond motifs is 1. The van der Waals surface area contributed by atoms with E-state index in [4.69, 9.17) is 10.8 Å². The number of aliphatic hydroxyl groups is 2. The third-order valence-corrected chi connectivity index (χ3v) is 2.21. The van der Waals surface area contributed by atoms with Gasteiger partial charge in [-0.05, 0) is 6.07 Å². The second-order valence-corrected chi connectivity index (χ2v) is 3.30. The van der Waals surface area contributed by atoms with Crippen LogP contribution in [0.1, 0.15) is 0 Å². The number of rotatable bonds is 3. The highest BCUT2D eigenvalue weighted by atomic mass is 16.3. The number of hydrogen-bond acceptors (Lipinski definition) is 5. The van der Waals surface area contributed by atoms with Gasteiger partial charge in [-0.15, -0.1) is 0 Å². The summed E-state index contributed by atoms with van der Waals surface area (Å²) >= 11 is 0. The largest absolute Gasteiger partial charge is 0.394 e. The van der Waals surface area contributed by atoms with Crippen LogP contribution in [0.2, 0.25) is 0 Å². The monoisotopic (exact) mass is 208 g/mol. The second kappa shape index (κ2) is 3.84. The minimum absolute atomic E-state index is 0.278. The lowest BCUT2D eigenvalue weighted by molar-refractivity contribution is 0.0821. The summed E-state index contributed by atoms with van der Waals surface area (Å²) in [5, 5.41) is 18.8. The Labute approximate surface area is 86.0 Å². The molecule has 0 aliphatic carbocycles. The van der Waals surface area contributed by atoms with Crippen molar-refractivity contribution < 1.29 is 10.2 Å². The van der Waals surface area contributed by atoms with Gasteiger partial charge in [-0.1, -0.05) is 0 Å². The van der Waals surface area contributed by atoms with Gasteiger partial charge in [-0.25, -0.2) is 9.97 Å². The highest BCUT2D eigenvalue weighted by Gasteiger charge is 2.09. The van der Waals surface area contributed by atoms with Gasteiger partial charge in [-0.2, -0.15) is 0 Å². The Bertz CT molecular complexity index is 468. The number of nitrogens with zero attached hydrogens (tertiary/aromatic N) is 3. The lowest BCUT2D eigenvalue weighted by Crippen LogP contribution is -2.19. The average Bonchev–Trinajstić information content (AvgIpc) is 2.63. The molecule has 15 heavy (non-hydrogen) atoms. The first kappa shape index (κ1) is 9.88. The van der Waals surface area contributed by atoms with Crippen molar-refractivity contribution in [2.45, 2.75) is 12.6 Å². The molecular weight excluding hydrogens is 196 g/mol. The minimum Gasteiger partial charge on any atom is -0.394 e. The number of anilines is 1. The quantitative estimate of drug-likeness (QED) is 0.623. The molecule has 0 bridgehead atoms. The summed E-state index contributed by atoms with van der Waals surface area (Å²) in [5.41, 5.74) is 6.32. The van der Waals surface area contributed by atoms with Gasteiger partial charge in [0.05, 0.1) is 24.6 Å². The fourth-order valence-corrected chi connectivity index (χ4v) is 1.46. The van der Waals surface area contributed by atoms with Crippen molar-refractivity contribution in [3.05, 3.63) is 18.6 Å². The topological polar surface area (TPSA) is 97.2 Å². The van der Waals surface area contributed by atoms with Crippen LogP contribution in [0.15, 0.2) is 18.6 Å². The van der Waals surface area contributed by atoms with Gasteiger partial charge < -0.3 is 20.5 Å². The SMILES string of the molecule is Nc1ncnc2c1ccn2CC(O)CO. The first-order valence-corrected chi connectivity index (χ1v) is 4.56. The van der Waals surface area contributed by atoms with E-state index in [2.05, 4.69) is 9.97 Å². The van der Waals surface area contributed by atoms with E-state index in [-0.39, 0.29) is 13.2 Å². The van der Waals surface area contributed by atoms with Crippen molar-refractivity contribution >= 4 is 16.9 Å². The molecule has 2 aromatic rings. The smallest absolute Gasteiger partial charge is 0.145 e. The first-order valence-electron chi connectivity index (χ1n) is 4.56. The molecule has 1 atom stereocenters. The Balaban J connectivity index is 2.41. The summed E-state index contributed by atoms with van der Waals surface area (Å²) in [4.78, 5) is 7.93. The maximum Gasteiger partial charge on any atom is 0.145 e. The Morgan fingerprint density at radius 2 is 2.27 bits per heavy atom. The number of aliphatic hydroxyl groups excluding tert-OH is 2. The summed E-state index contributed by atoms with van der Waals surface area (Å²) in [6.45, 7) is 0.0106. The van der Waals surface area contributed by atoms with Crippen LogP contribution in [-0.4, -0.2) is 37.5 Å². The summed E-state index contributed by atoms with van der Waals surface area (Å²) in [6.07, 6.45) is 2.34. The van der Waals surface area contributed by atoms with Crippen LogP contribution in [0.3, 0.4) is 0 Å². The maximum atomic E-state index is 9.31. The van der Waals surface area contributed by atoms with Gasteiger partial charge in [-0.3, -0.25) is 0 Å². The van der Waals surface area contributed by atoms with E-state index in [1.54, 1.807) is 16.8 Å². The molecule has 2 heterocycles. The number of nitrogen functional groups attached to an aromatic ring is 1. The molecule has 0 saturated heterocycles. The zero-order valence-electron chi connectivity index (χ0n) is 8.04. The Kier molecular flexibility index (Phi) is 2.53. The van der Waals surface area contributed by atoms with Crippen LogP contribution in [0.4, 0.5) is 5.82 Å². The lowest BCUT2D eigenvalue weighted by Gasteiger charge is -2.08. The molecule has 0 spiro atoms. The highest BCUT2D eigenvalue weighted by Crippen LogP contribution is 2.17. The molecule has 80 valence electrons. The van der Waals surface area contributed by atoms with Gasteiger partial charge in [0.1, 0.15) is 17.8 Å². The van der Waals surface area contributed by atoms with Gasteiger partial charge in [0.2, 0.25) is 0 Å². The van der Waals surface area contributed by atoms with Crippen LogP contribution >= 0.6 is 0 Å². The van der Waals surface area contributed by atoms with Gasteiger partial charge in [0, 0.05) is 6.20 Å². The standard InChI is InChI=1S/C9H12N4O2/c10-8-7-1-2-13(3-6(15)4-14)9(7)12-5-11-8/h1-2,5-6,14-15H,3-4H2,(H2,10,11,12). The zero-order valence-corrected chi connectivity index (χ0v) is 8.04. The lowest BCUT2D eigenvalue weighted by atomic mass is 10.3. The molecule has 0 saturated carbocycles. The van der Waals surface area contributed by atoms with Crippen LogP contribution in [-0.2, 0) is 6.54 Å². The van der Waals surface area contributed by atoms with Crippen molar-refractivity contribution in [1.82, 2.24) is 14.5 Å². The Morgan fingerprint density at radius 3 is 3.00 bits per heavy atom. The second-order valence-electron chi connectivity index (χ2n) is 3.30. The molecule has 6 heteroatoms. The molecule has 0 fully saturated rings. The summed E-state index contributed by atoms with van der Waals surface area (Å²) in [5.74, 6) is 0.414. The third-order valence-electron chi connectivity index (χ3n) is 2.21. The van der Waals surface area contributed by atoms with E-state index in [0.29, 0.717) is 11.5 Å². The Morgan fingerprint density at radius 1 is 1.47 bits per heavy atom. The fourth-order valence-electron chi connectivity index (χ4n) is 1.46. The molecule has 0 aliphatic rings. The summed E-state index contributed by atoms with van der Waals surface area (Å²) in [6, 6.07) is 1.79. The van der Waals surface area contributed by atoms with Crippen molar-refractivity contribution in [1.29, 1.82) is 0 Å². The zero-order chi connectivity index (χ0) is 10.8. The predicted octanol–water partition coefficient (Wildman–Crippen LogP) is -0.633. The molecule has 1 unspecified atom stereocenters. The van der Waals surface area contributed by atoms with Crippen LogP contribution in [0, 0.1) is 0 Å². The number of nitrogens with two attached hydrogens (primary N) is 1. The molecule has 6 nitrogen and oxygen atoms in total. The van der Waals surface area contributed by atoms with E-state index >= 15 is 0 Å². The van der Waals surface area contributed by atoms with Crippen molar-refractivity contribution in [2.24, 2.45) is 0 Å². The first-order chi connectivity index (χ1) is 7.22. The average molecular weight is 208 g/mol. The van der Waals surface area contributed by atoms with E-state index in [9.17, 15) is 5.11 Å². The highest BCUT2D eigenvalue weighted by molar-refractivity contribution is 5.85. The molecule has 2 aromatic heterocycles. The molecule has 4 N–H and O–H groups in total. The van der Waals surface area contributed by atoms with E-state index in [1.165, 1.54) is 6.33 Å². The number of aromatic nitrogens is 3. The van der Waals surface area contributed by atoms with Crippen molar-refractivity contribution in [3.8, 4) is 0 Å². The van der Waals surface area contributed by atoms with E-state index < -0.39 is 6.10 Å². The molecular formula is C9H12N4O2. The minimum atomic E-state index is -0.795. The summed E-state index contributed by atoms with van der Waals surface area (Å²) < 4.78 is 1.73. The maximum absolute atomic E-state index is 9.31.